The second-order valence-electron chi connectivity index (χ2n) is 4.15. The minimum atomic E-state index is -0.485. The summed E-state index contributed by atoms with van der Waals surface area (Å²) in [6, 6.07) is 7.47. The molecule has 6 nitrogen and oxygen atoms in total. The van der Waals surface area contributed by atoms with Gasteiger partial charge < -0.3 is 5.32 Å². The molecule has 1 heterocycles. The van der Waals surface area contributed by atoms with Crippen LogP contribution < -0.4 is 5.32 Å². The second-order valence-corrected chi connectivity index (χ2v) is 5.36. The van der Waals surface area contributed by atoms with Crippen LogP contribution >= 0.6 is 27.5 Å². The van der Waals surface area contributed by atoms with Crippen molar-refractivity contribution < 1.29 is 9.72 Å². The van der Waals surface area contributed by atoms with Gasteiger partial charge in [-0.3, -0.25) is 14.9 Å². The first-order valence-corrected chi connectivity index (χ1v) is 6.97. The molecule has 1 aromatic carbocycles. The fourth-order valence-corrected chi connectivity index (χ4v) is 2.07. The van der Waals surface area contributed by atoms with Crippen LogP contribution in [0.3, 0.4) is 0 Å². The van der Waals surface area contributed by atoms with Gasteiger partial charge in [-0.15, -0.1) is 0 Å². The molecule has 108 valence electrons. The largest absolute Gasteiger partial charge is 0.324 e. The Balaban J connectivity index is 2.01. The highest BCUT2D eigenvalue weighted by atomic mass is 79.9. The predicted octanol–water partition coefficient (Wildman–Crippen LogP) is 3.59. The second kappa shape index (κ2) is 6.64. The van der Waals surface area contributed by atoms with E-state index in [1.807, 2.05) is 0 Å². The number of anilines is 1. The number of carbonyl (C=O) groups excluding carboxylic acids is 1. The Kier molecular flexibility index (Phi) is 4.87. The van der Waals surface area contributed by atoms with E-state index in [1.54, 1.807) is 18.2 Å². The zero-order chi connectivity index (χ0) is 15.4. The first-order valence-electron chi connectivity index (χ1n) is 5.80. The van der Waals surface area contributed by atoms with Gasteiger partial charge in [-0.25, -0.2) is 4.98 Å². The summed E-state index contributed by atoms with van der Waals surface area (Å²) in [5.74, 6) is -0.250. The maximum absolute atomic E-state index is 11.9. The van der Waals surface area contributed by atoms with Crippen molar-refractivity contribution in [3.05, 3.63) is 61.8 Å². The first-order chi connectivity index (χ1) is 9.95. The van der Waals surface area contributed by atoms with E-state index in [4.69, 9.17) is 11.6 Å². The molecule has 0 spiro atoms. The average molecular weight is 371 g/mol. The molecular weight excluding hydrogens is 362 g/mol. The number of rotatable bonds is 4. The molecule has 0 saturated carbocycles. The lowest BCUT2D eigenvalue weighted by atomic mass is 10.1. The highest BCUT2D eigenvalue weighted by Gasteiger charge is 2.08. The van der Waals surface area contributed by atoms with Crippen molar-refractivity contribution in [2.24, 2.45) is 0 Å². The average Bonchev–Trinajstić information content (AvgIpc) is 2.43. The summed E-state index contributed by atoms with van der Waals surface area (Å²) in [7, 11) is 0. The first kappa shape index (κ1) is 15.4. The van der Waals surface area contributed by atoms with Crippen LogP contribution in [0.1, 0.15) is 5.56 Å². The SMILES string of the molecule is O=C(Cc1ccc([N+](=O)[O-])cc1)Nc1cnc(Cl)c(Br)c1. The number of halogens is 2. The number of nitrogens with one attached hydrogen (secondary N) is 1. The van der Waals surface area contributed by atoms with Crippen LogP contribution in [-0.4, -0.2) is 15.8 Å². The Bertz CT molecular complexity index is 692. The Morgan fingerprint density at radius 3 is 2.62 bits per heavy atom. The van der Waals surface area contributed by atoms with Gasteiger partial charge in [-0.1, -0.05) is 23.7 Å². The number of nitrogens with zero attached hydrogens (tertiary/aromatic N) is 2. The van der Waals surface area contributed by atoms with Crippen LogP contribution in [-0.2, 0) is 11.2 Å². The zero-order valence-electron chi connectivity index (χ0n) is 10.5. The molecule has 21 heavy (non-hydrogen) atoms. The quantitative estimate of drug-likeness (QED) is 0.506. The Morgan fingerprint density at radius 1 is 1.38 bits per heavy atom. The van der Waals surface area contributed by atoms with E-state index < -0.39 is 4.92 Å². The van der Waals surface area contributed by atoms with Gasteiger partial charge in [0.05, 0.1) is 27.7 Å². The van der Waals surface area contributed by atoms with Crippen molar-refractivity contribution in [1.82, 2.24) is 4.98 Å². The highest BCUT2D eigenvalue weighted by molar-refractivity contribution is 9.10. The van der Waals surface area contributed by atoms with E-state index in [9.17, 15) is 14.9 Å². The molecule has 0 aliphatic carbocycles. The van der Waals surface area contributed by atoms with Gasteiger partial charge in [0.1, 0.15) is 5.15 Å². The minimum absolute atomic E-state index is 0.00927. The Hall–Kier alpha value is -1.99. The van der Waals surface area contributed by atoms with Gasteiger partial charge in [-0.05, 0) is 27.6 Å². The van der Waals surface area contributed by atoms with Crippen molar-refractivity contribution >= 4 is 44.8 Å². The van der Waals surface area contributed by atoms with Crippen LogP contribution in [0.2, 0.25) is 5.15 Å². The zero-order valence-corrected chi connectivity index (χ0v) is 12.9. The highest BCUT2D eigenvalue weighted by Crippen LogP contribution is 2.23. The molecule has 0 aliphatic rings. The van der Waals surface area contributed by atoms with Gasteiger partial charge in [0, 0.05) is 12.1 Å². The molecule has 1 amide bonds. The van der Waals surface area contributed by atoms with Crippen LogP contribution in [0.15, 0.2) is 41.0 Å². The lowest BCUT2D eigenvalue weighted by molar-refractivity contribution is -0.384. The van der Waals surface area contributed by atoms with E-state index in [1.165, 1.54) is 18.3 Å². The van der Waals surface area contributed by atoms with Crippen molar-refractivity contribution in [3.63, 3.8) is 0 Å². The number of pyridine rings is 1. The summed E-state index contributed by atoms with van der Waals surface area (Å²) < 4.78 is 0.581. The van der Waals surface area contributed by atoms with Crippen LogP contribution in [0, 0.1) is 10.1 Å². The number of amides is 1. The van der Waals surface area contributed by atoms with Crippen molar-refractivity contribution in [2.75, 3.05) is 5.32 Å². The van der Waals surface area contributed by atoms with E-state index >= 15 is 0 Å². The molecule has 2 aromatic rings. The summed E-state index contributed by atoms with van der Waals surface area (Å²) in [4.78, 5) is 25.8. The fourth-order valence-electron chi connectivity index (χ4n) is 1.62. The standard InChI is InChI=1S/C13H9BrClN3O3/c14-11-6-9(7-16-13(11)15)17-12(19)5-8-1-3-10(4-2-8)18(20)21/h1-4,6-7H,5H2,(H,17,19). The lowest BCUT2D eigenvalue weighted by Gasteiger charge is -2.06. The lowest BCUT2D eigenvalue weighted by Crippen LogP contribution is -2.14. The van der Waals surface area contributed by atoms with Gasteiger partial charge in [-0.2, -0.15) is 0 Å². The van der Waals surface area contributed by atoms with Crippen molar-refractivity contribution in [3.8, 4) is 0 Å². The molecular formula is C13H9BrClN3O3. The Morgan fingerprint density at radius 2 is 2.05 bits per heavy atom. The molecule has 1 aromatic heterocycles. The molecule has 0 aliphatic heterocycles. The monoisotopic (exact) mass is 369 g/mol. The third kappa shape index (κ3) is 4.24. The number of nitro groups is 1. The smallest absolute Gasteiger partial charge is 0.269 e. The van der Waals surface area contributed by atoms with Gasteiger partial charge in [0.15, 0.2) is 0 Å². The molecule has 1 N–H and O–H groups in total. The predicted molar refractivity (Wildman–Crippen MR) is 82.4 cm³/mol. The number of hydrogen-bond donors (Lipinski definition) is 1. The summed E-state index contributed by atoms with van der Waals surface area (Å²) in [6.07, 6.45) is 1.55. The van der Waals surface area contributed by atoms with E-state index in [0.717, 1.165) is 0 Å². The molecule has 0 fully saturated rings. The van der Waals surface area contributed by atoms with E-state index in [2.05, 4.69) is 26.2 Å². The van der Waals surface area contributed by atoms with Gasteiger partial charge in [0.25, 0.3) is 5.69 Å². The summed E-state index contributed by atoms with van der Waals surface area (Å²) in [5.41, 5.74) is 1.18. The number of benzene rings is 1. The van der Waals surface area contributed by atoms with Crippen LogP contribution in [0.4, 0.5) is 11.4 Å². The number of nitro benzene ring substituents is 1. The molecule has 2 rings (SSSR count). The van der Waals surface area contributed by atoms with Gasteiger partial charge in [0.2, 0.25) is 5.91 Å². The summed E-state index contributed by atoms with van der Waals surface area (Å²) in [6.45, 7) is 0. The molecule has 0 atom stereocenters. The van der Waals surface area contributed by atoms with Gasteiger partial charge >= 0.3 is 0 Å². The number of non-ortho nitro benzene ring substituents is 1. The number of aromatic nitrogens is 1. The molecule has 8 heteroatoms. The van der Waals surface area contributed by atoms with Crippen LogP contribution in [0.25, 0.3) is 0 Å². The van der Waals surface area contributed by atoms with Crippen molar-refractivity contribution in [2.45, 2.75) is 6.42 Å². The molecule has 0 bridgehead atoms. The number of carbonyl (C=O) groups is 1. The topological polar surface area (TPSA) is 85.1 Å². The maximum Gasteiger partial charge on any atom is 0.269 e. The summed E-state index contributed by atoms with van der Waals surface area (Å²) >= 11 is 8.98. The number of hydrogen-bond acceptors (Lipinski definition) is 4. The third-order valence-corrected chi connectivity index (χ3v) is 3.73. The fraction of sp³-hybridized carbons (Fsp3) is 0.0769. The maximum atomic E-state index is 11.9. The van der Waals surface area contributed by atoms with Crippen LogP contribution in [0.5, 0.6) is 0 Å². The normalized spacial score (nSPS) is 10.2. The third-order valence-electron chi connectivity index (χ3n) is 2.59. The minimum Gasteiger partial charge on any atom is -0.324 e. The van der Waals surface area contributed by atoms with E-state index in [0.29, 0.717) is 20.9 Å². The molecule has 0 unspecified atom stereocenters. The summed E-state index contributed by atoms with van der Waals surface area (Å²) in [5, 5.41) is 13.5. The molecule has 0 saturated heterocycles. The Labute approximate surface area is 133 Å². The van der Waals surface area contributed by atoms with E-state index in [-0.39, 0.29) is 18.0 Å². The van der Waals surface area contributed by atoms with Crippen molar-refractivity contribution in [1.29, 1.82) is 0 Å². The molecule has 0 radical (unpaired) electrons.